The van der Waals surface area contributed by atoms with Crippen LogP contribution in [-0.2, 0) is 20.9 Å². The van der Waals surface area contributed by atoms with Crippen LogP contribution in [0.1, 0.15) is 12.5 Å². The van der Waals surface area contributed by atoms with Gasteiger partial charge in [-0.05, 0) is 12.5 Å². The van der Waals surface area contributed by atoms with Gasteiger partial charge in [0.2, 0.25) is 11.6 Å². The Hall–Kier alpha value is -1.52. The van der Waals surface area contributed by atoms with Crippen molar-refractivity contribution in [3.05, 3.63) is 35.9 Å². The summed E-state index contributed by atoms with van der Waals surface area (Å²) in [6, 6.07) is 9.25. The maximum Gasteiger partial charge on any atom is 0.230 e. The molecule has 1 saturated carbocycles. The monoisotopic (exact) mass is 233 g/mol. The second-order valence-electron chi connectivity index (χ2n) is 3.95. The minimum absolute atomic E-state index is 0.376. The molecule has 0 radical (unpaired) electrons. The molecule has 1 fully saturated rings. The molecular formula is C13H15NO3. The molecule has 0 bridgehead atoms. The number of rotatable bonds is 5. The van der Waals surface area contributed by atoms with Crippen molar-refractivity contribution in [1.29, 1.82) is 0 Å². The molecule has 1 N–H and O–H groups in total. The predicted molar refractivity (Wildman–Crippen MR) is 62.5 cm³/mol. The Morgan fingerprint density at radius 1 is 1.18 bits per heavy atom. The quantitative estimate of drug-likeness (QED) is 0.761. The minimum Gasteiger partial charge on any atom is -0.368 e. The molecule has 0 heterocycles. The number of Topliss-reactive ketones (excluding diaryl/α,β-unsaturated/α-hetero) is 2. The van der Waals surface area contributed by atoms with E-state index in [9.17, 15) is 9.59 Å². The number of hydrogen-bond acceptors (Lipinski definition) is 4. The normalized spacial score (nSPS) is 23.6. The number of ketones is 2. The van der Waals surface area contributed by atoms with Crippen LogP contribution in [0.5, 0.6) is 0 Å². The van der Waals surface area contributed by atoms with Crippen LogP contribution in [-0.4, -0.2) is 30.3 Å². The maximum atomic E-state index is 11.4. The Labute approximate surface area is 100.0 Å². The summed E-state index contributed by atoms with van der Waals surface area (Å²) in [5.74, 6) is -0.795. The zero-order valence-electron chi connectivity index (χ0n) is 9.68. The molecular weight excluding hydrogens is 218 g/mol. The number of carbonyl (C=O) groups is 2. The molecule has 1 aliphatic carbocycles. The summed E-state index contributed by atoms with van der Waals surface area (Å²) < 4.78 is 5.23. The van der Waals surface area contributed by atoms with Gasteiger partial charge in [-0.1, -0.05) is 30.3 Å². The van der Waals surface area contributed by atoms with Crippen molar-refractivity contribution in [2.75, 3.05) is 6.61 Å². The van der Waals surface area contributed by atoms with Crippen LogP contribution >= 0.6 is 0 Å². The van der Waals surface area contributed by atoms with Crippen molar-refractivity contribution in [1.82, 2.24) is 5.32 Å². The highest BCUT2D eigenvalue weighted by atomic mass is 16.5. The van der Waals surface area contributed by atoms with Gasteiger partial charge in [0, 0.05) is 13.2 Å². The van der Waals surface area contributed by atoms with E-state index in [1.54, 1.807) is 0 Å². The molecule has 0 saturated heterocycles. The fraction of sp³-hybridized carbons (Fsp3) is 0.385. The van der Waals surface area contributed by atoms with Crippen molar-refractivity contribution in [2.45, 2.75) is 25.6 Å². The first-order chi connectivity index (χ1) is 8.24. The van der Waals surface area contributed by atoms with Crippen molar-refractivity contribution in [3.63, 3.8) is 0 Å². The summed E-state index contributed by atoms with van der Waals surface area (Å²) in [6.45, 7) is 2.81. The van der Waals surface area contributed by atoms with Gasteiger partial charge in [-0.2, -0.15) is 0 Å². The van der Waals surface area contributed by atoms with Crippen molar-refractivity contribution in [2.24, 2.45) is 0 Å². The zero-order chi connectivity index (χ0) is 12.3. The average Bonchev–Trinajstić information content (AvgIpc) is 2.38. The molecule has 0 aliphatic heterocycles. The van der Waals surface area contributed by atoms with Crippen molar-refractivity contribution in [3.8, 4) is 0 Å². The Morgan fingerprint density at radius 3 is 2.53 bits per heavy atom. The maximum absolute atomic E-state index is 11.4. The standard InChI is InChI=1S/C13H15NO3/c1-2-17-13-10(11(15)12(13)16)14-8-9-6-4-3-5-7-9/h3-7,10,13-14H,2,8H2,1H3. The summed E-state index contributed by atoms with van der Waals surface area (Å²) in [4.78, 5) is 22.6. The van der Waals surface area contributed by atoms with E-state index in [-0.39, 0.29) is 5.78 Å². The molecule has 0 aromatic heterocycles. The topological polar surface area (TPSA) is 55.4 Å². The third-order valence-corrected chi connectivity index (χ3v) is 2.80. The minimum atomic E-state index is -0.601. The lowest BCUT2D eigenvalue weighted by molar-refractivity contribution is -0.158. The Morgan fingerprint density at radius 2 is 1.88 bits per heavy atom. The summed E-state index contributed by atoms with van der Waals surface area (Å²) in [5, 5.41) is 3.06. The van der Waals surface area contributed by atoms with E-state index in [0.29, 0.717) is 13.2 Å². The zero-order valence-corrected chi connectivity index (χ0v) is 9.68. The third-order valence-electron chi connectivity index (χ3n) is 2.80. The van der Waals surface area contributed by atoms with Gasteiger partial charge in [0.15, 0.2) is 0 Å². The van der Waals surface area contributed by atoms with Crippen LogP contribution in [0.2, 0.25) is 0 Å². The van der Waals surface area contributed by atoms with Gasteiger partial charge in [0.1, 0.15) is 12.1 Å². The first kappa shape index (κ1) is 12.0. The van der Waals surface area contributed by atoms with Crippen LogP contribution in [0.25, 0.3) is 0 Å². The number of hydrogen-bond donors (Lipinski definition) is 1. The molecule has 2 unspecified atom stereocenters. The van der Waals surface area contributed by atoms with Gasteiger partial charge in [-0.3, -0.25) is 9.59 Å². The van der Waals surface area contributed by atoms with Gasteiger partial charge in [-0.15, -0.1) is 0 Å². The molecule has 2 atom stereocenters. The van der Waals surface area contributed by atoms with E-state index in [4.69, 9.17) is 4.74 Å². The van der Waals surface area contributed by atoms with Crippen LogP contribution in [0, 0.1) is 0 Å². The molecule has 1 aromatic rings. The highest BCUT2D eigenvalue weighted by molar-refractivity contribution is 6.48. The first-order valence-electron chi connectivity index (χ1n) is 5.71. The molecule has 4 nitrogen and oxygen atoms in total. The molecule has 0 amide bonds. The molecule has 4 heteroatoms. The van der Waals surface area contributed by atoms with Crippen LogP contribution in [0.15, 0.2) is 30.3 Å². The number of benzene rings is 1. The summed E-state index contributed by atoms with van der Waals surface area (Å²) >= 11 is 0. The summed E-state index contributed by atoms with van der Waals surface area (Å²) in [5.41, 5.74) is 1.08. The lowest BCUT2D eigenvalue weighted by Crippen LogP contribution is -2.64. The number of ether oxygens (including phenoxy) is 1. The van der Waals surface area contributed by atoms with Crippen molar-refractivity contribution >= 4 is 11.6 Å². The van der Waals surface area contributed by atoms with Crippen molar-refractivity contribution < 1.29 is 14.3 Å². The van der Waals surface area contributed by atoms with E-state index < -0.39 is 17.9 Å². The fourth-order valence-corrected chi connectivity index (χ4v) is 1.86. The Kier molecular flexibility index (Phi) is 3.66. The smallest absolute Gasteiger partial charge is 0.230 e. The highest BCUT2D eigenvalue weighted by Crippen LogP contribution is 2.16. The van der Waals surface area contributed by atoms with E-state index in [0.717, 1.165) is 5.56 Å². The van der Waals surface area contributed by atoms with Gasteiger partial charge >= 0.3 is 0 Å². The van der Waals surface area contributed by atoms with E-state index >= 15 is 0 Å². The summed E-state index contributed by atoms with van der Waals surface area (Å²) in [6.07, 6.45) is -0.601. The number of carbonyl (C=O) groups excluding carboxylic acids is 2. The summed E-state index contributed by atoms with van der Waals surface area (Å²) in [7, 11) is 0. The third kappa shape index (κ3) is 2.43. The van der Waals surface area contributed by atoms with Gasteiger partial charge in [-0.25, -0.2) is 0 Å². The SMILES string of the molecule is CCOC1C(=O)C(=O)C1NCc1ccccc1. The predicted octanol–water partition coefficient (Wildman–Crippen LogP) is 0.702. The lowest BCUT2D eigenvalue weighted by Gasteiger charge is -2.33. The molecule has 17 heavy (non-hydrogen) atoms. The molecule has 2 rings (SSSR count). The number of nitrogens with one attached hydrogen (secondary N) is 1. The lowest BCUT2D eigenvalue weighted by atomic mass is 9.85. The Bertz CT molecular complexity index is 416. The van der Waals surface area contributed by atoms with Crippen LogP contribution in [0.4, 0.5) is 0 Å². The Balaban J connectivity index is 1.91. The molecule has 1 aliphatic rings. The van der Waals surface area contributed by atoms with Gasteiger partial charge < -0.3 is 10.1 Å². The average molecular weight is 233 g/mol. The van der Waals surface area contributed by atoms with Gasteiger partial charge in [0.25, 0.3) is 0 Å². The van der Waals surface area contributed by atoms with E-state index in [1.165, 1.54) is 0 Å². The second kappa shape index (κ2) is 5.21. The molecule has 0 spiro atoms. The van der Waals surface area contributed by atoms with Crippen LogP contribution < -0.4 is 5.32 Å². The van der Waals surface area contributed by atoms with E-state index in [2.05, 4.69) is 5.32 Å². The first-order valence-corrected chi connectivity index (χ1v) is 5.71. The highest BCUT2D eigenvalue weighted by Gasteiger charge is 2.49. The van der Waals surface area contributed by atoms with Crippen LogP contribution in [0.3, 0.4) is 0 Å². The fourth-order valence-electron chi connectivity index (χ4n) is 1.86. The largest absolute Gasteiger partial charge is 0.368 e. The van der Waals surface area contributed by atoms with E-state index in [1.807, 2.05) is 37.3 Å². The second-order valence-corrected chi connectivity index (χ2v) is 3.95. The van der Waals surface area contributed by atoms with Gasteiger partial charge in [0.05, 0.1) is 0 Å². The molecule has 1 aromatic carbocycles. The molecule has 90 valence electrons.